The van der Waals surface area contributed by atoms with Gasteiger partial charge in [-0.3, -0.25) is 4.79 Å². The molecule has 90 valence electrons. The fraction of sp³-hybridized carbons (Fsp3) is 0.545. The topological polar surface area (TPSA) is 78.1 Å². The highest BCUT2D eigenvalue weighted by Gasteiger charge is 2.72. The highest BCUT2D eigenvalue weighted by molar-refractivity contribution is 7.98. The summed E-state index contributed by atoms with van der Waals surface area (Å²) in [6.07, 6.45) is 3.45. The Balaban J connectivity index is 2.03. The van der Waals surface area contributed by atoms with Gasteiger partial charge < -0.3 is 10.5 Å². The van der Waals surface area contributed by atoms with Gasteiger partial charge in [-0.25, -0.2) is 9.97 Å². The third-order valence-corrected chi connectivity index (χ3v) is 4.47. The summed E-state index contributed by atoms with van der Waals surface area (Å²) in [5.74, 6) is 0.107. The maximum atomic E-state index is 11.8. The number of rotatable bonds is 3. The zero-order valence-corrected chi connectivity index (χ0v) is 10.2. The number of thioether (sulfide) groups is 1. The second-order valence-corrected chi connectivity index (χ2v) is 5.26. The Morgan fingerprint density at radius 1 is 1.53 bits per heavy atom. The van der Waals surface area contributed by atoms with Crippen molar-refractivity contribution in [1.29, 1.82) is 0 Å². The minimum Gasteiger partial charge on any atom is -0.381 e. The number of carbonyl (C=O) groups excluding carboxylic acids is 1. The number of primary amides is 1. The van der Waals surface area contributed by atoms with Gasteiger partial charge in [-0.05, 0) is 12.3 Å². The van der Waals surface area contributed by atoms with E-state index in [1.807, 2.05) is 12.3 Å². The van der Waals surface area contributed by atoms with Crippen molar-refractivity contribution in [2.45, 2.75) is 10.4 Å². The van der Waals surface area contributed by atoms with Crippen LogP contribution in [-0.2, 0) is 14.9 Å². The van der Waals surface area contributed by atoms with Crippen LogP contribution in [0.3, 0.4) is 0 Å². The van der Waals surface area contributed by atoms with Crippen LogP contribution >= 0.6 is 11.8 Å². The van der Waals surface area contributed by atoms with Crippen molar-refractivity contribution >= 4 is 17.7 Å². The number of amides is 1. The van der Waals surface area contributed by atoms with E-state index in [0.29, 0.717) is 13.2 Å². The van der Waals surface area contributed by atoms with Gasteiger partial charge in [-0.15, -0.1) is 11.8 Å². The normalized spacial score (nSPS) is 34.4. The molecule has 1 aliphatic heterocycles. The second-order valence-electron chi connectivity index (χ2n) is 4.43. The van der Waals surface area contributed by atoms with Gasteiger partial charge in [0.15, 0.2) is 0 Å². The molecule has 3 atom stereocenters. The molecule has 2 aliphatic rings. The van der Waals surface area contributed by atoms with E-state index < -0.39 is 5.41 Å². The molecule has 1 aliphatic carbocycles. The van der Waals surface area contributed by atoms with E-state index >= 15 is 0 Å². The van der Waals surface area contributed by atoms with Crippen LogP contribution in [0.15, 0.2) is 17.4 Å². The van der Waals surface area contributed by atoms with Gasteiger partial charge in [-0.1, -0.05) is 0 Å². The molecule has 1 unspecified atom stereocenters. The molecule has 0 aromatic carbocycles. The molecule has 1 aromatic rings. The van der Waals surface area contributed by atoms with Crippen molar-refractivity contribution in [3.63, 3.8) is 0 Å². The van der Waals surface area contributed by atoms with E-state index in [-0.39, 0.29) is 17.7 Å². The van der Waals surface area contributed by atoms with Gasteiger partial charge in [0.1, 0.15) is 11.7 Å². The monoisotopic (exact) mass is 251 g/mol. The van der Waals surface area contributed by atoms with Crippen LogP contribution in [-0.4, -0.2) is 35.3 Å². The summed E-state index contributed by atoms with van der Waals surface area (Å²) < 4.78 is 5.33. The van der Waals surface area contributed by atoms with Crippen LogP contribution in [0, 0.1) is 11.8 Å². The van der Waals surface area contributed by atoms with Crippen molar-refractivity contribution < 1.29 is 9.53 Å². The number of fused-ring (bicyclic) bond motifs is 1. The molecule has 5 nitrogen and oxygen atoms in total. The van der Waals surface area contributed by atoms with Crippen LogP contribution in [0.1, 0.15) is 5.69 Å². The van der Waals surface area contributed by atoms with Crippen molar-refractivity contribution in [1.82, 2.24) is 9.97 Å². The maximum Gasteiger partial charge on any atom is 0.230 e. The number of aromatic nitrogens is 2. The first-order valence-electron chi connectivity index (χ1n) is 5.45. The number of carbonyl (C=O) groups is 1. The lowest BCUT2D eigenvalue weighted by Gasteiger charge is -2.16. The minimum atomic E-state index is -0.605. The standard InChI is InChI=1S/C11H13N3O2S/c1-17-9-2-8(13-5-14-9)11(10(12)15)6-3-16-4-7(6)11/h2,5-7H,3-4H2,1H3,(H2,12,15)/t6-,7+,11?. The number of hydrogen-bond acceptors (Lipinski definition) is 5. The molecule has 1 saturated heterocycles. The van der Waals surface area contributed by atoms with Crippen LogP contribution in [0.5, 0.6) is 0 Å². The van der Waals surface area contributed by atoms with E-state index in [1.54, 1.807) is 0 Å². The Morgan fingerprint density at radius 3 is 2.82 bits per heavy atom. The predicted molar refractivity (Wildman–Crippen MR) is 62.5 cm³/mol. The fourth-order valence-electron chi connectivity index (χ4n) is 2.90. The fourth-order valence-corrected chi connectivity index (χ4v) is 3.29. The van der Waals surface area contributed by atoms with Crippen molar-refractivity contribution in [3.8, 4) is 0 Å². The first-order chi connectivity index (χ1) is 8.21. The summed E-state index contributed by atoms with van der Waals surface area (Å²) in [6, 6.07) is 1.87. The lowest BCUT2D eigenvalue weighted by molar-refractivity contribution is -0.122. The first-order valence-corrected chi connectivity index (χ1v) is 6.68. The average Bonchev–Trinajstić information content (AvgIpc) is 2.73. The summed E-state index contributed by atoms with van der Waals surface area (Å²) in [6.45, 7) is 1.21. The Kier molecular flexibility index (Phi) is 2.38. The second kappa shape index (κ2) is 3.68. The van der Waals surface area contributed by atoms with Crippen molar-refractivity contribution in [3.05, 3.63) is 18.1 Å². The number of nitrogens with zero attached hydrogens (tertiary/aromatic N) is 2. The molecule has 6 heteroatoms. The maximum absolute atomic E-state index is 11.8. The smallest absolute Gasteiger partial charge is 0.230 e. The average molecular weight is 251 g/mol. The Labute approximate surface area is 103 Å². The summed E-state index contributed by atoms with van der Waals surface area (Å²) in [5, 5.41) is 0.863. The molecule has 1 saturated carbocycles. The van der Waals surface area contributed by atoms with E-state index in [0.717, 1.165) is 10.7 Å². The molecule has 2 fully saturated rings. The summed E-state index contributed by atoms with van der Waals surface area (Å²) in [4.78, 5) is 20.2. The Morgan fingerprint density at radius 2 is 2.24 bits per heavy atom. The zero-order chi connectivity index (χ0) is 12.0. The van der Waals surface area contributed by atoms with E-state index in [4.69, 9.17) is 10.5 Å². The molecule has 1 aromatic heterocycles. The van der Waals surface area contributed by atoms with Crippen LogP contribution in [0.4, 0.5) is 0 Å². The van der Waals surface area contributed by atoms with E-state index in [2.05, 4.69) is 9.97 Å². The third kappa shape index (κ3) is 1.34. The number of nitrogens with two attached hydrogens (primary N) is 1. The highest BCUT2D eigenvalue weighted by Crippen LogP contribution is 2.62. The van der Waals surface area contributed by atoms with Crippen molar-refractivity contribution in [2.75, 3.05) is 19.5 Å². The third-order valence-electron chi connectivity index (χ3n) is 3.82. The molecule has 17 heavy (non-hydrogen) atoms. The van der Waals surface area contributed by atoms with E-state index in [1.165, 1.54) is 18.1 Å². The van der Waals surface area contributed by atoms with Crippen LogP contribution in [0.2, 0.25) is 0 Å². The van der Waals surface area contributed by atoms with Gasteiger partial charge in [0.25, 0.3) is 0 Å². The molecule has 2 heterocycles. The molecular formula is C11H13N3O2S. The zero-order valence-electron chi connectivity index (χ0n) is 9.42. The first kappa shape index (κ1) is 11.0. The summed E-state index contributed by atoms with van der Waals surface area (Å²) >= 11 is 1.53. The molecule has 2 N–H and O–H groups in total. The van der Waals surface area contributed by atoms with Crippen LogP contribution in [0.25, 0.3) is 0 Å². The Hall–Kier alpha value is -1.14. The van der Waals surface area contributed by atoms with Gasteiger partial charge in [0, 0.05) is 11.8 Å². The highest BCUT2D eigenvalue weighted by atomic mass is 32.2. The SMILES string of the molecule is CSc1cc(C2(C(N)=O)[C@@H]3COC[C@@H]32)ncn1. The van der Waals surface area contributed by atoms with Gasteiger partial charge in [-0.2, -0.15) is 0 Å². The summed E-state index contributed by atoms with van der Waals surface area (Å²) in [5.41, 5.74) is 5.73. The summed E-state index contributed by atoms with van der Waals surface area (Å²) in [7, 11) is 0. The quantitative estimate of drug-likeness (QED) is 0.613. The predicted octanol–water partition coefficient (Wildman–Crippen LogP) is 0.198. The molecule has 0 bridgehead atoms. The van der Waals surface area contributed by atoms with Crippen molar-refractivity contribution in [2.24, 2.45) is 17.6 Å². The lowest BCUT2D eigenvalue weighted by atomic mass is 9.95. The molecule has 0 radical (unpaired) electrons. The molecule has 0 spiro atoms. The molecule has 3 rings (SSSR count). The van der Waals surface area contributed by atoms with Gasteiger partial charge >= 0.3 is 0 Å². The Bertz CT molecular complexity index is 470. The lowest BCUT2D eigenvalue weighted by Crippen LogP contribution is -2.35. The molecular weight excluding hydrogens is 238 g/mol. The minimum absolute atomic E-state index is 0.199. The van der Waals surface area contributed by atoms with Gasteiger partial charge in [0.2, 0.25) is 5.91 Å². The number of hydrogen-bond donors (Lipinski definition) is 1. The van der Waals surface area contributed by atoms with Gasteiger partial charge in [0.05, 0.1) is 23.9 Å². The van der Waals surface area contributed by atoms with E-state index in [9.17, 15) is 4.79 Å². The van der Waals surface area contributed by atoms with Crippen LogP contribution < -0.4 is 5.73 Å². The largest absolute Gasteiger partial charge is 0.381 e. The number of ether oxygens (including phenoxy) is 1. The molecule has 1 amide bonds.